The summed E-state index contributed by atoms with van der Waals surface area (Å²) in [6.45, 7) is 4.13. The van der Waals surface area contributed by atoms with E-state index in [9.17, 15) is 0 Å². The summed E-state index contributed by atoms with van der Waals surface area (Å²) in [5, 5.41) is 7.11. The lowest BCUT2D eigenvalue weighted by molar-refractivity contribution is 0.171. The zero-order valence-electron chi connectivity index (χ0n) is 12.5. The van der Waals surface area contributed by atoms with Gasteiger partial charge in [0.05, 0.1) is 0 Å². The summed E-state index contributed by atoms with van der Waals surface area (Å²) in [6.07, 6.45) is 6.39. The van der Waals surface area contributed by atoms with Crippen LogP contribution < -0.4 is 10.6 Å². The van der Waals surface area contributed by atoms with Crippen LogP contribution in [0.2, 0.25) is 0 Å². The van der Waals surface area contributed by atoms with E-state index in [1.165, 1.54) is 48.9 Å². The number of ether oxygens (including phenoxy) is 1. The number of aryl methyl sites for hydroxylation is 1. The Kier molecular flexibility index (Phi) is 4.27. The fourth-order valence-corrected chi connectivity index (χ4v) is 3.12. The molecule has 1 heterocycles. The summed E-state index contributed by atoms with van der Waals surface area (Å²) in [5.41, 5.74) is 4.76. The van der Waals surface area contributed by atoms with Crippen LogP contribution in [-0.2, 0) is 17.7 Å². The van der Waals surface area contributed by atoms with Gasteiger partial charge in [0.2, 0.25) is 0 Å². The molecule has 2 N–H and O–H groups in total. The Hall–Kier alpha value is -1.06. The molecular formula is C17H26N2O. The van der Waals surface area contributed by atoms with Gasteiger partial charge in [0.15, 0.2) is 0 Å². The molecular weight excluding hydrogens is 248 g/mol. The largest absolute Gasteiger partial charge is 0.385 e. The number of fused-ring (bicyclic) bond motifs is 1. The van der Waals surface area contributed by atoms with Gasteiger partial charge in [0, 0.05) is 39.0 Å². The molecule has 2 aliphatic rings. The van der Waals surface area contributed by atoms with E-state index in [4.69, 9.17) is 4.74 Å². The number of methoxy groups -OCH3 is 1. The third kappa shape index (κ3) is 3.33. The summed E-state index contributed by atoms with van der Waals surface area (Å²) in [5.74, 6) is 0. The van der Waals surface area contributed by atoms with Crippen LogP contribution in [0.25, 0.3) is 0 Å². The van der Waals surface area contributed by atoms with Crippen molar-refractivity contribution in [2.45, 2.75) is 38.6 Å². The third-order valence-electron chi connectivity index (χ3n) is 4.73. The van der Waals surface area contributed by atoms with Crippen LogP contribution in [0.4, 0.5) is 5.69 Å². The number of hydrogen-bond donors (Lipinski definition) is 2. The standard InChI is InChI=1S/C17H26N2O/c1-20-10-8-17(6-7-17)13-18-12-14-4-5-16-15(11-14)3-2-9-19-16/h4-5,11,18-19H,2-3,6-10,12-13H2,1H3. The van der Waals surface area contributed by atoms with Crippen LogP contribution in [0, 0.1) is 5.41 Å². The Labute approximate surface area is 122 Å². The molecule has 110 valence electrons. The van der Waals surface area contributed by atoms with Crippen LogP contribution in [-0.4, -0.2) is 26.8 Å². The second-order valence-corrected chi connectivity index (χ2v) is 6.37. The second-order valence-electron chi connectivity index (χ2n) is 6.37. The lowest BCUT2D eigenvalue weighted by atomic mass is 10.00. The molecule has 0 aromatic heterocycles. The zero-order valence-corrected chi connectivity index (χ0v) is 12.5. The lowest BCUT2D eigenvalue weighted by Gasteiger charge is -2.19. The Bertz CT molecular complexity index is 454. The van der Waals surface area contributed by atoms with Gasteiger partial charge in [-0.05, 0) is 54.7 Å². The van der Waals surface area contributed by atoms with Crippen LogP contribution in [0.1, 0.15) is 36.8 Å². The van der Waals surface area contributed by atoms with Crippen molar-refractivity contribution in [2.24, 2.45) is 5.41 Å². The molecule has 0 atom stereocenters. The molecule has 0 unspecified atom stereocenters. The third-order valence-corrected chi connectivity index (χ3v) is 4.73. The van der Waals surface area contributed by atoms with Crippen molar-refractivity contribution in [3.63, 3.8) is 0 Å². The minimum atomic E-state index is 0.534. The average molecular weight is 274 g/mol. The molecule has 1 fully saturated rings. The molecule has 0 spiro atoms. The minimum absolute atomic E-state index is 0.534. The maximum Gasteiger partial charge on any atom is 0.0468 e. The average Bonchev–Trinajstić information content (AvgIpc) is 3.25. The van der Waals surface area contributed by atoms with Gasteiger partial charge in [0.25, 0.3) is 0 Å². The first kappa shape index (κ1) is 13.9. The highest BCUT2D eigenvalue weighted by Gasteiger charge is 2.41. The van der Waals surface area contributed by atoms with Gasteiger partial charge in [-0.25, -0.2) is 0 Å². The van der Waals surface area contributed by atoms with E-state index in [2.05, 4.69) is 28.8 Å². The molecule has 0 radical (unpaired) electrons. The molecule has 0 bridgehead atoms. The molecule has 1 aliphatic carbocycles. The fraction of sp³-hybridized carbons (Fsp3) is 0.647. The highest BCUT2D eigenvalue weighted by atomic mass is 16.5. The van der Waals surface area contributed by atoms with Crippen LogP contribution >= 0.6 is 0 Å². The summed E-state index contributed by atoms with van der Waals surface area (Å²) in [6, 6.07) is 6.85. The topological polar surface area (TPSA) is 33.3 Å². The van der Waals surface area contributed by atoms with Gasteiger partial charge in [-0.2, -0.15) is 0 Å². The van der Waals surface area contributed by atoms with E-state index in [1.807, 2.05) is 0 Å². The van der Waals surface area contributed by atoms with E-state index in [0.717, 1.165) is 26.2 Å². The Balaban J connectivity index is 1.49. The first-order chi connectivity index (χ1) is 9.81. The summed E-state index contributed by atoms with van der Waals surface area (Å²) in [4.78, 5) is 0. The van der Waals surface area contributed by atoms with E-state index in [1.54, 1.807) is 7.11 Å². The predicted octanol–water partition coefficient (Wildman–Crippen LogP) is 2.95. The Morgan fingerprint density at radius 1 is 1.35 bits per heavy atom. The van der Waals surface area contributed by atoms with Gasteiger partial charge in [-0.15, -0.1) is 0 Å². The quantitative estimate of drug-likeness (QED) is 0.802. The first-order valence-electron chi connectivity index (χ1n) is 7.87. The monoisotopic (exact) mass is 274 g/mol. The van der Waals surface area contributed by atoms with Crippen molar-refractivity contribution in [1.29, 1.82) is 0 Å². The molecule has 20 heavy (non-hydrogen) atoms. The van der Waals surface area contributed by atoms with Gasteiger partial charge in [-0.1, -0.05) is 12.1 Å². The minimum Gasteiger partial charge on any atom is -0.385 e. The number of anilines is 1. The summed E-state index contributed by atoms with van der Waals surface area (Å²) >= 11 is 0. The van der Waals surface area contributed by atoms with E-state index in [-0.39, 0.29) is 0 Å². The maximum absolute atomic E-state index is 5.21. The maximum atomic E-state index is 5.21. The van der Waals surface area contributed by atoms with Crippen molar-refractivity contribution in [1.82, 2.24) is 5.32 Å². The zero-order chi connectivity index (χ0) is 13.8. The smallest absolute Gasteiger partial charge is 0.0468 e. The van der Waals surface area contributed by atoms with Crippen molar-refractivity contribution >= 4 is 5.69 Å². The molecule has 0 saturated heterocycles. The van der Waals surface area contributed by atoms with E-state index in [0.29, 0.717) is 5.41 Å². The first-order valence-corrected chi connectivity index (χ1v) is 7.87. The molecule has 1 saturated carbocycles. The summed E-state index contributed by atoms with van der Waals surface area (Å²) in [7, 11) is 1.80. The molecule has 1 aromatic rings. The molecule has 1 aliphatic heterocycles. The Morgan fingerprint density at radius 2 is 2.25 bits per heavy atom. The molecule has 0 amide bonds. The summed E-state index contributed by atoms with van der Waals surface area (Å²) < 4.78 is 5.21. The van der Waals surface area contributed by atoms with Crippen molar-refractivity contribution in [3.8, 4) is 0 Å². The fourth-order valence-electron chi connectivity index (χ4n) is 3.12. The van der Waals surface area contributed by atoms with Gasteiger partial charge in [0.1, 0.15) is 0 Å². The number of hydrogen-bond acceptors (Lipinski definition) is 3. The normalized spacial score (nSPS) is 19.2. The molecule has 3 nitrogen and oxygen atoms in total. The van der Waals surface area contributed by atoms with Crippen molar-refractivity contribution in [3.05, 3.63) is 29.3 Å². The molecule has 1 aromatic carbocycles. The van der Waals surface area contributed by atoms with Crippen LogP contribution in [0.15, 0.2) is 18.2 Å². The number of nitrogens with one attached hydrogen (secondary N) is 2. The predicted molar refractivity (Wildman–Crippen MR) is 83.1 cm³/mol. The van der Waals surface area contributed by atoms with E-state index < -0.39 is 0 Å². The van der Waals surface area contributed by atoms with Crippen molar-refractivity contribution < 1.29 is 4.74 Å². The SMILES string of the molecule is COCCC1(CNCc2ccc3c(c2)CCCN3)CC1. The number of benzene rings is 1. The van der Waals surface area contributed by atoms with Gasteiger partial charge in [-0.3, -0.25) is 0 Å². The lowest BCUT2D eigenvalue weighted by Crippen LogP contribution is -2.24. The highest BCUT2D eigenvalue weighted by Crippen LogP contribution is 2.48. The second kappa shape index (κ2) is 6.15. The van der Waals surface area contributed by atoms with Gasteiger partial charge >= 0.3 is 0 Å². The van der Waals surface area contributed by atoms with Crippen molar-refractivity contribution in [2.75, 3.05) is 32.1 Å². The van der Waals surface area contributed by atoms with E-state index >= 15 is 0 Å². The Morgan fingerprint density at radius 3 is 3.05 bits per heavy atom. The molecule has 3 rings (SSSR count). The van der Waals surface area contributed by atoms with Crippen LogP contribution in [0.3, 0.4) is 0 Å². The van der Waals surface area contributed by atoms with Crippen LogP contribution in [0.5, 0.6) is 0 Å². The molecule has 3 heteroatoms. The number of rotatable bonds is 7. The highest BCUT2D eigenvalue weighted by molar-refractivity contribution is 5.54. The van der Waals surface area contributed by atoms with Gasteiger partial charge < -0.3 is 15.4 Å².